The number of aliphatic carboxylic acids is 1. The Labute approximate surface area is 107 Å². The Bertz CT molecular complexity index is 626. The summed E-state index contributed by atoms with van der Waals surface area (Å²) >= 11 is 0. The summed E-state index contributed by atoms with van der Waals surface area (Å²) in [5, 5.41) is 19.7. The van der Waals surface area contributed by atoms with Gasteiger partial charge in [0, 0.05) is 12.1 Å². The lowest BCUT2D eigenvalue weighted by Gasteiger charge is -2.01. The van der Waals surface area contributed by atoms with Crippen molar-refractivity contribution in [3.05, 3.63) is 64.1 Å². The van der Waals surface area contributed by atoms with Crippen LogP contribution >= 0.6 is 0 Å². The van der Waals surface area contributed by atoms with E-state index in [1.165, 1.54) is 36.6 Å². The lowest BCUT2D eigenvalue weighted by Crippen LogP contribution is -1.99. The number of nitro groups is 1. The lowest BCUT2D eigenvalue weighted by atomic mass is 10.0. The van der Waals surface area contributed by atoms with E-state index in [4.69, 9.17) is 9.52 Å². The minimum atomic E-state index is -1.13. The van der Waals surface area contributed by atoms with E-state index >= 15 is 0 Å². The highest BCUT2D eigenvalue weighted by molar-refractivity contribution is 6.20. The number of furan rings is 1. The maximum Gasteiger partial charge on any atom is 0.336 e. The first-order chi connectivity index (χ1) is 9.08. The summed E-state index contributed by atoms with van der Waals surface area (Å²) in [6.45, 7) is 0. The molecule has 0 spiro atoms. The summed E-state index contributed by atoms with van der Waals surface area (Å²) in [6, 6.07) is 8.56. The average Bonchev–Trinajstić information content (AvgIpc) is 2.88. The van der Waals surface area contributed by atoms with E-state index in [-0.39, 0.29) is 11.3 Å². The molecule has 0 bridgehead atoms. The van der Waals surface area contributed by atoms with E-state index < -0.39 is 10.9 Å². The molecule has 1 heterocycles. The molecule has 0 saturated carbocycles. The van der Waals surface area contributed by atoms with Gasteiger partial charge in [0.15, 0.2) is 0 Å². The number of hydrogen-bond donors (Lipinski definition) is 1. The van der Waals surface area contributed by atoms with Gasteiger partial charge in [-0.15, -0.1) is 0 Å². The molecule has 1 aromatic heterocycles. The largest absolute Gasteiger partial charge is 0.478 e. The highest BCUT2D eigenvalue weighted by Crippen LogP contribution is 2.21. The van der Waals surface area contributed by atoms with Gasteiger partial charge in [-0.1, -0.05) is 0 Å². The van der Waals surface area contributed by atoms with Crippen LogP contribution in [0.1, 0.15) is 11.3 Å². The first kappa shape index (κ1) is 12.6. The van der Waals surface area contributed by atoms with Crippen molar-refractivity contribution in [1.82, 2.24) is 0 Å². The normalized spacial score (nSPS) is 11.3. The number of carboxylic acid groups (broad SMARTS) is 1. The van der Waals surface area contributed by atoms with Crippen LogP contribution in [0.25, 0.3) is 11.6 Å². The Hall–Kier alpha value is -2.89. The first-order valence-electron chi connectivity index (χ1n) is 5.31. The zero-order valence-electron chi connectivity index (χ0n) is 9.65. The molecule has 0 saturated heterocycles. The van der Waals surface area contributed by atoms with Gasteiger partial charge in [-0.25, -0.2) is 4.79 Å². The van der Waals surface area contributed by atoms with E-state index in [0.717, 1.165) is 0 Å². The molecule has 2 rings (SSSR count). The second-order valence-corrected chi connectivity index (χ2v) is 3.68. The number of non-ortho nitro benzene ring substituents is 1. The van der Waals surface area contributed by atoms with Gasteiger partial charge in [0.2, 0.25) is 0 Å². The van der Waals surface area contributed by atoms with Gasteiger partial charge >= 0.3 is 5.97 Å². The van der Waals surface area contributed by atoms with Crippen LogP contribution in [-0.4, -0.2) is 16.0 Å². The fraction of sp³-hybridized carbons (Fsp3) is 0. The molecule has 1 aromatic carbocycles. The van der Waals surface area contributed by atoms with Crippen LogP contribution in [0, 0.1) is 10.1 Å². The summed E-state index contributed by atoms with van der Waals surface area (Å²) < 4.78 is 5.05. The van der Waals surface area contributed by atoms with Gasteiger partial charge in [0.25, 0.3) is 5.69 Å². The Morgan fingerprint density at radius 2 is 1.95 bits per heavy atom. The third-order valence-electron chi connectivity index (χ3n) is 2.45. The van der Waals surface area contributed by atoms with Crippen molar-refractivity contribution < 1.29 is 19.2 Å². The summed E-state index contributed by atoms with van der Waals surface area (Å²) in [7, 11) is 0. The van der Waals surface area contributed by atoms with Crippen LogP contribution in [0.5, 0.6) is 0 Å². The number of benzene rings is 1. The van der Waals surface area contributed by atoms with Crippen LogP contribution in [0.3, 0.4) is 0 Å². The number of carbonyl (C=O) groups is 1. The third-order valence-corrected chi connectivity index (χ3v) is 2.45. The zero-order valence-corrected chi connectivity index (χ0v) is 9.65. The summed E-state index contributed by atoms with van der Waals surface area (Å²) in [4.78, 5) is 21.2. The van der Waals surface area contributed by atoms with Crippen molar-refractivity contribution in [2.45, 2.75) is 0 Å². The predicted molar refractivity (Wildman–Crippen MR) is 67.3 cm³/mol. The molecular weight excluding hydrogens is 250 g/mol. The van der Waals surface area contributed by atoms with Gasteiger partial charge in [-0.2, -0.15) is 0 Å². The molecule has 0 fully saturated rings. The van der Waals surface area contributed by atoms with Crippen molar-refractivity contribution >= 4 is 23.3 Å². The Balaban J connectivity index is 2.40. The van der Waals surface area contributed by atoms with E-state index in [1.54, 1.807) is 12.1 Å². The van der Waals surface area contributed by atoms with Crippen LogP contribution in [0.2, 0.25) is 0 Å². The molecule has 0 aliphatic rings. The number of hydrogen-bond acceptors (Lipinski definition) is 4. The van der Waals surface area contributed by atoms with Crippen molar-refractivity contribution in [3.8, 4) is 0 Å². The van der Waals surface area contributed by atoms with Crippen LogP contribution in [0.4, 0.5) is 5.69 Å². The molecule has 6 nitrogen and oxygen atoms in total. The zero-order chi connectivity index (χ0) is 13.8. The number of nitrogens with zero attached hydrogens (tertiary/aromatic N) is 1. The van der Waals surface area contributed by atoms with Gasteiger partial charge in [0.1, 0.15) is 5.76 Å². The van der Waals surface area contributed by atoms with Crippen LogP contribution in [0.15, 0.2) is 47.1 Å². The maximum atomic E-state index is 11.2. The molecule has 0 amide bonds. The fourth-order valence-electron chi connectivity index (χ4n) is 1.55. The average molecular weight is 259 g/mol. The molecule has 6 heteroatoms. The van der Waals surface area contributed by atoms with Crippen molar-refractivity contribution in [3.63, 3.8) is 0 Å². The first-order valence-corrected chi connectivity index (χ1v) is 5.31. The molecular formula is C13H9NO5. The van der Waals surface area contributed by atoms with Gasteiger partial charge in [-0.05, 0) is 35.9 Å². The Morgan fingerprint density at radius 3 is 2.42 bits per heavy atom. The smallest absolute Gasteiger partial charge is 0.336 e. The van der Waals surface area contributed by atoms with E-state index in [1.807, 2.05) is 0 Å². The van der Waals surface area contributed by atoms with E-state index in [2.05, 4.69) is 0 Å². The molecule has 0 radical (unpaired) electrons. The molecule has 0 atom stereocenters. The molecule has 0 unspecified atom stereocenters. The minimum absolute atomic E-state index is 0.00449. The van der Waals surface area contributed by atoms with Crippen molar-refractivity contribution in [2.24, 2.45) is 0 Å². The summed E-state index contributed by atoms with van der Waals surface area (Å²) in [5.41, 5.74) is 0.283. The quantitative estimate of drug-likeness (QED) is 0.517. The molecule has 2 aromatic rings. The van der Waals surface area contributed by atoms with Gasteiger partial charge < -0.3 is 9.52 Å². The van der Waals surface area contributed by atoms with Crippen molar-refractivity contribution in [2.75, 3.05) is 0 Å². The second kappa shape index (κ2) is 5.18. The summed E-state index contributed by atoms with van der Waals surface area (Å²) in [6.07, 6.45) is 2.80. The van der Waals surface area contributed by atoms with E-state index in [9.17, 15) is 14.9 Å². The lowest BCUT2D eigenvalue weighted by molar-refractivity contribution is -0.384. The molecule has 0 aliphatic carbocycles. The molecule has 19 heavy (non-hydrogen) atoms. The molecule has 0 aliphatic heterocycles. The minimum Gasteiger partial charge on any atom is -0.478 e. The third kappa shape index (κ3) is 2.86. The fourth-order valence-corrected chi connectivity index (χ4v) is 1.55. The number of rotatable bonds is 4. The number of nitro benzene ring substituents is 1. The monoisotopic (exact) mass is 259 g/mol. The highest BCUT2D eigenvalue weighted by Gasteiger charge is 2.13. The standard InChI is InChI=1S/C13H9NO5/c15-13(16)12(8-11-2-1-7-19-11)9-3-5-10(6-4-9)14(17)18/h1-8H,(H,15,16)/b12-8-. The molecule has 1 N–H and O–H groups in total. The highest BCUT2D eigenvalue weighted by atomic mass is 16.6. The predicted octanol–water partition coefficient (Wildman–Crippen LogP) is 2.81. The number of carboxylic acids is 1. The Kier molecular flexibility index (Phi) is 3.42. The second-order valence-electron chi connectivity index (χ2n) is 3.68. The van der Waals surface area contributed by atoms with Gasteiger partial charge in [-0.3, -0.25) is 10.1 Å². The topological polar surface area (TPSA) is 93.6 Å². The Morgan fingerprint density at radius 1 is 1.26 bits per heavy atom. The van der Waals surface area contributed by atoms with Gasteiger partial charge in [0.05, 0.1) is 16.8 Å². The molecule has 96 valence electrons. The van der Waals surface area contributed by atoms with Crippen LogP contribution < -0.4 is 0 Å². The van der Waals surface area contributed by atoms with Crippen molar-refractivity contribution in [1.29, 1.82) is 0 Å². The van der Waals surface area contributed by atoms with Crippen LogP contribution in [-0.2, 0) is 4.79 Å². The maximum absolute atomic E-state index is 11.2. The van der Waals surface area contributed by atoms with E-state index in [0.29, 0.717) is 11.3 Å². The summed E-state index contributed by atoms with van der Waals surface area (Å²) in [5.74, 6) is -0.735. The SMILES string of the molecule is O=C(O)/C(=C\c1ccco1)c1ccc([N+](=O)[O-])cc1.